The second-order valence-corrected chi connectivity index (χ2v) is 15.4. The largest absolute Gasteiger partial charge is 2.00 e. The van der Waals surface area contributed by atoms with E-state index in [1.54, 1.807) is 0 Å². The molecule has 0 saturated carbocycles. The van der Waals surface area contributed by atoms with E-state index in [2.05, 4.69) is 32.1 Å². The van der Waals surface area contributed by atoms with Crippen molar-refractivity contribution in [1.29, 1.82) is 0 Å². The fourth-order valence-electron chi connectivity index (χ4n) is 7.12. The van der Waals surface area contributed by atoms with Gasteiger partial charge in [0.05, 0.1) is 20.4 Å². The van der Waals surface area contributed by atoms with Gasteiger partial charge in [-0.15, -0.1) is 57.1 Å². The van der Waals surface area contributed by atoms with E-state index in [1.807, 2.05) is 123 Å². The Morgan fingerprint density at radius 2 is 0.946 bits per heavy atom. The number of hydrogen-bond acceptors (Lipinski definition) is 7. The van der Waals surface area contributed by atoms with Gasteiger partial charge in [-0.1, -0.05) is 123 Å². The van der Waals surface area contributed by atoms with Gasteiger partial charge in [-0.2, -0.15) is 0 Å². The number of ether oxygens (including phenoxy) is 1. The molecule has 10 aromatic rings. The van der Waals surface area contributed by atoms with Crippen LogP contribution in [0.15, 0.2) is 122 Å². The molecule has 0 amide bonds. The van der Waals surface area contributed by atoms with E-state index in [9.17, 15) is 0 Å². The monoisotopic (exact) mass is 947 g/mol. The van der Waals surface area contributed by atoms with Crippen molar-refractivity contribution in [1.82, 2.24) is 19.9 Å². The van der Waals surface area contributed by atoms with Gasteiger partial charge in [-0.3, -0.25) is 9.97 Å². The van der Waals surface area contributed by atoms with Crippen molar-refractivity contribution >= 4 is 63.3 Å². The average molecular weight is 948 g/mol. The van der Waals surface area contributed by atoms with Crippen molar-refractivity contribution in [3.8, 4) is 56.3 Å². The van der Waals surface area contributed by atoms with Gasteiger partial charge in [0.25, 0.3) is 0 Å². The Balaban J connectivity index is 0.00000410. The maximum atomic E-state index is 16.0. The SMILES string of the molecule is Cc1cc(Oc2[c-]c(-c3ncnc4c3sc3c(F)c(-c5ccccc5)ccc34)cc(C)c2)[c-]c(-c2ncnc3c2sc2c(F)c(-c4ccccc4)ccc23)c1.[Pt+2]. The molecule has 0 N–H and O–H groups in total. The molecule has 0 saturated heterocycles. The van der Waals surface area contributed by atoms with Crippen LogP contribution in [0.4, 0.5) is 8.78 Å². The standard InChI is InChI=1S/C46H26F2N4OS2.Pt/c1-25-17-29(39-45-41(51-23-49-39)35-15-13-33(37(47)43(35)54-45)27-9-5-3-6-10-27)21-31(19-25)53-32-20-26(2)18-30(22-32)40-46-42(52-24-50-40)36-16-14-34(38(48)44(36)55-46)28-11-7-4-8-12-28;/h3-20,23-24H,1-2H3;/q-2;+2. The first-order chi connectivity index (χ1) is 26.9. The number of halogens is 2. The molecule has 0 aliphatic heterocycles. The van der Waals surface area contributed by atoms with Crippen LogP contribution in [0.1, 0.15) is 11.1 Å². The van der Waals surface area contributed by atoms with E-state index in [4.69, 9.17) is 4.74 Å². The molecule has 0 atom stereocenters. The Morgan fingerprint density at radius 3 is 1.38 bits per heavy atom. The van der Waals surface area contributed by atoms with Gasteiger partial charge in [-0.05, 0) is 11.1 Å². The van der Waals surface area contributed by atoms with E-state index in [0.29, 0.717) is 65.6 Å². The van der Waals surface area contributed by atoms with E-state index < -0.39 is 0 Å². The quantitative estimate of drug-likeness (QED) is 0.155. The van der Waals surface area contributed by atoms with Crippen LogP contribution in [0.25, 0.3) is 85.4 Å². The van der Waals surface area contributed by atoms with Crippen LogP contribution >= 0.6 is 22.7 Å². The molecular weight excluding hydrogens is 922 g/mol. The van der Waals surface area contributed by atoms with Crippen molar-refractivity contribution in [3.05, 3.63) is 157 Å². The van der Waals surface area contributed by atoms with E-state index in [0.717, 1.165) is 42.4 Å². The van der Waals surface area contributed by atoms with Crippen LogP contribution in [0, 0.1) is 37.6 Å². The molecule has 0 aliphatic carbocycles. The zero-order valence-corrected chi connectivity index (χ0v) is 33.5. The van der Waals surface area contributed by atoms with Gasteiger partial charge in [0.1, 0.15) is 24.3 Å². The van der Waals surface area contributed by atoms with Gasteiger partial charge in [0, 0.05) is 54.2 Å². The summed E-state index contributed by atoms with van der Waals surface area (Å²) in [6, 6.07) is 41.1. The number of aryl methyl sites for hydroxylation is 2. The minimum absolute atomic E-state index is 0. The van der Waals surface area contributed by atoms with E-state index in [-0.39, 0.29) is 32.7 Å². The summed E-state index contributed by atoms with van der Waals surface area (Å²) >= 11 is 2.67. The third kappa shape index (κ3) is 6.16. The average Bonchev–Trinajstić information content (AvgIpc) is 3.78. The summed E-state index contributed by atoms with van der Waals surface area (Å²) in [6.07, 6.45) is 3.02. The molecule has 272 valence electrons. The summed E-state index contributed by atoms with van der Waals surface area (Å²) in [5.41, 5.74) is 8.64. The topological polar surface area (TPSA) is 60.8 Å². The molecule has 0 aliphatic rings. The summed E-state index contributed by atoms with van der Waals surface area (Å²) in [5, 5.41) is 1.48. The molecule has 0 bridgehead atoms. The van der Waals surface area contributed by atoms with Crippen LogP contribution in [-0.4, -0.2) is 19.9 Å². The van der Waals surface area contributed by atoms with Crippen LogP contribution in [0.3, 0.4) is 0 Å². The molecule has 0 spiro atoms. The third-order valence-electron chi connectivity index (χ3n) is 9.60. The molecule has 4 aromatic heterocycles. The van der Waals surface area contributed by atoms with E-state index in [1.165, 1.54) is 35.3 Å². The smallest absolute Gasteiger partial charge is 0.497 e. The zero-order valence-electron chi connectivity index (χ0n) is 29.6. The molecule has 10 rings (SSSR count). The van der Waals surface area contributed by atoms with Crippen molar-refractivity contribution in [2.24, 2.45) is 0 Å². The number of aromatic nitrogens is 4. The maximum Gasteiger partial charge on any atom is 2.00 e. The Labute approximate surface area is 342 Å². The van der Waals surface area contributed by atoms with Crippen molar-refractivity contribution < 1.29 is 34.6 Å². The van der Waals surface area contributed by atoms with Gasteiger partial charge in [0.15, 0.2) is 0 Å². The second kappa shape index (κ2) is 14.4. The van der Waals surface area contributed by atoms with Crippen LogP contribution in [0.2, 0.25) is 0 Å². The molecule has 56 heavy (non-hydrogen) atoms. The summed E-state index contributed by atoms with van der Waals surface area (Å²) in [4.78, 5) is 18.5. The predicted octanol–water partition coefficient (Wildman–Crippen LogP) is 13.0. The molecule has 6 aromatic carbocycles. The predicted molar refractivity (Wildman–Crippen MR) is 219 cm³/mol. The number of rotatable bonds is 6. The molecule has 4 heterocycles. The fraction of sp³-hybridized carbons (Fsp3) is 0.0435. The molecule has 0 radical (unpaired) electrons. The Bertz CT molecular complexity index is 2920. The normalized spacial score (nSPS) is 11.4. The third-order valence-corrected chi connectivity index (χ3v) is 12.0. The minimum atomic E-state index is -0.278. The molecule has 10 heteroatoms. The summed E-state index contributed by atoms with van der Waals surface area (Å²) in [5.74, 6) is 0.385. The summed E-state index contributed by atoms with van der Waals surface area (Å²) < 4.78 is 41.1. The first-order valence-electron chi connectivity index (χ1n) is 17.5. The number of fused-ring (bicyclic) bond motifs is 6. The second-order valence-electron chi connectivity index (χ2n) is 13.3. The molecule has 0 unspecified atom stereocenters. The Hall–Kier alpha value is -5.73. The maximum absolute atomic E-state index is 16.0. The van der Waals surface area contributed by atoms with Crippen molar-refractivity contribution in [2.75, 3.05) is 0 Å². The van der Waals surface area contributed by atoms with Crippen LogP contribution < -0.4 is 4.74 Å². The van der Waals surface area contributed by atoms with Crippen LogP contribution in [-0.2, 0) is 21.1 Å². The number of hydrogen-bond donors (Lipinski definition) is 0. The fourth-order valence-corrected chi connectivity index (χ4v) is 9.52. The van der Waals surface area contributed by atoms with Gasteiger partial charge >= 0.3 is 21.1 Å². The van der Waals surface area contributed by atoms with Gasteiger partial charge in [0.2, 0.25) is 0 Å². The summed E-state index contributed by atoms with van der Waals surface area (Å²) in [7, 11) is 0. The van der Waals surface area contributed by atoms with Crippen LogP contribution in [0.5, 0.6) is 11.5 Å². The van der Waals surface area contributed by atoms with Gasteiger partial charge < -0.3 is 4.74 Å². The van der Waals surface area contributed by atoms with Crippen molar-refractivity contribution in [3.63, 3.8) is 0 Å². The summed E-state index contributed by atoms with van der Waals surface area (Å²) in [6.45, 7) is 3.96. The molecule has 5 nitrogen and oxygen atoms in total. The Kier molecular flexibility index (Phi) is 9.24. The number of nitrogens with zero attached hydrogens (tertiary/aromatic N) is 4. The Morgan fingerprint density at radius 1 is 0.518 bits per heavy atom. The number of thiophene rings is 2. The molecular formula is C46H26F2N4OPtS2. The first-order valence-corrected chi connectivity index (χ1v) is 19.1. The first kappa shape index (κ1) is 35.9. The number of benzene rings is 6. The molecule has 0 fully saturated rings. The van der Waals surface area contributed by atoms with E-state index >= 15 is 8.78 Å². The van der Waals surface area contributed by atoms with Crippen molar-refractivity contribution in [2.45, 2.75) is 13.8 Å². The van der Waals surface area contributed by atoms with Gasteiger partial charge in [-0.25, -0.2) is 18.7 Å². The zero-order chi connectivity index (χ0) is 37.2. The minimum Gasteiger partial charge on any atom is -0.497 e.